The Morgan fingerprint density at radius 2 is 2.25 bits per heavy atom. The van der Waals surface area contributed by atoms with E-state index in [9.17, 15) is 0 Å². The Balaban J connectivity index is 2.82. The van der Waals surface area contributed by atoms with E-state index in [0.717, 1.165) is 18.8 Å². The lowest BCUT2D eigenvalue weighted by Gasteiger charge is -2.29. The molecule has 5 heteroatoms. The third-order valence-corrected chi connectivity index (χ3v) is 2.63. The van der Waals surface area contributed by atoms with E-state index in [2.05, 4.69) is 28.7 Å². The van der Waals surface area contributed by atoms with E-state index in [1.165, 1.54) is 6.33 Å². The second-order valence-corrected chi connectivity index (χ2v) is 3.74. The van der Waals surface area contributed by atoms with Crippen molar-refractivity contribution in [2.75, 3.05) is 30.9 Å². The van der Waals surface area contributed by atoms with Crippen LogP contribution in [0.3, 0.4) is 0 Å². The number of methoxy groups -OCH3 is 1. The maximum Gasteiger partial charge on any atom is 0.134 e. The number of rotatable bonds is 6. The molecule has 5 nitrogen and oxygen atoms in total. The van der Waals surface area contributed by atoms with E-state index in [4.69, 9.17) is 10.5 Å². The molecule has 0 saturated carbocycles. The maximum atomic E-state index is 5.66. The molecule has 0 fully saturated rings. The number of nitrogen functional groups attached to an aromatic ring is 1. The number of aromatic nitrogens is 2. The molecule has 0 saturated heterocycles. The van der Waals surface area contributed by atoms with Crippen LogP contribution in [0.4, 0.5) is 11.6 Å². The molecule has 0 amide bonds. The van der Waals surface area contributed by atoms with Gasteiger partial charge in [-0.05, 0) is 13.3 Å². The highest BCUT2D eigenvalue weighted by Crippen LogP contribution is 2.16. The highest BCUT2D eigenvalue weighted by Gasteiger charge is 2.14. The van der Waals surface area contributed by atoms with Crippen molar-refractivity contribution in [3.05, 3.63) is 12.4 Å². The number of anilines is 2. The zero-order chi connectivity index (χ0) is 12.0. The first kappa shape index (κ1) is 12.7. The fourth-order valence-corrected chi connectivity index (χ4v) is 1.49. The molecule has 0 bridgehead atoms. The number of nitrogens with zero attached hydrogens (tertiary/aromatic N) is 3. The predicted molar refractivity (Wildman–Crippen MR) is 65.4 cm³/mol. The summed E-state index contributed by atoms with van der Waals surface area (Å²) in [5.74, 6) is 1.36. The Hall–Kier alpha value is -1.36. The fourth-order valence-electron chi connectivity index (χ4n) is 1.49. The SMILES string of the molecule is CCC(C)N(CCOC)c1cc(N)ncn1. The van der Waals surface area contributed by atoms with Crippen molar-refractivity contribution >= 4 is 11.6 Å². The van der Waals surface area contributed by atoms with E-state index in [-0.39, 0.29) is 0 Å². The Morgan fingerprint density at radius 3 is 2.81 bits per heavy atom. The summed E-state index contributed by atoms with van der Waals surface area (Å²) in [6.45, 7) is 5.79. The summed E-state index contributed by atoms with van der Waals surface area (Å²) >= 11 is 0. The summed E-state index contributed by atoms with van der Waals surface area (Å²) in [5, 5.41) is 0. The Labute approximate surface area is 96.6 Å². The molecule has 1 aromatic heterocycles. The van der Waals surface area contributed by atoms with Gasteiger partial charge in [-0.1, -0.05) is 6.92 Å². The summed E-state index contributed by atoms with van der Waals surface area (Å²) in [6.07, 6.45) is 2.54. The molecule has 0 radical (unpaired) electrons. The standard InChI is InChI=1S/C11H20N4O/c1-4-9(2)15(5-6-16-3)11-7-10(12)13-8-14-11/h7-9H,4-6H2,1-3H3,(H2,12,13,14). The number of ether oxygens (including phenoxy) is 1. The summed E-state index contributed by atoms with van der Waals surface area (Å²) in [4.78, 5) is 10.3. The number of nitrogens with two attached hydrogens (primary N) is 1. The van der Waals surface area contributed by atoms with Crippen LogP contribution in [0.25, 0.3) is 0 Å². The third-order valence-electron chi connectivity index (χ3n) is 2.63. The van der Waals surface area contributed by atoms with Crippen molar-refractivity contribution in [3.8, 4) is 0 Å². The van der Waals surface area contributed by atoms with Gasteiger partial charge in [0.2, 0.25) is 0 Å². The highest BCUT2D eigenvalue weighted by molar-refractivity contribution is 5.46. The molecule has 1 heterocycles. The molecule has 0 aliphatic heterocycles. The molecule has 0 aliphatic carbocycles. The fraction of sp³-hybridized carbons (Fsp3) is 0.636. The molecule has 1 rings (SSSR count). The van der Waals surface area contributed by atoms with Crippen LogP contribution in [0.2, 0.25) is 0 Å². The monoisotopic (exact) mass is 224 g/mol. The van der Waals surface area contributed by atoms with Gasteiger partial charge in [0.25, 0.3) is 0 Å². The minimum absolute atomic E-state index is 0.407. The first-order valence-corrected chi connectivity index (χ1v) is 5.52. The second kappa shape index (κ2) is 6.27. The Morgan fingerprint density at radius 1 is 1.50 bits per heavy atom. The average molecular weight is 224 g/mol. The van der Waals surface area contributed by atoms with Gasteiger partial charge in [-0.2, -0.15) is 0 Å². The third kappa shape index (κ3) is 3.34. The molecule has 0 aliphatic rings. The molecule has 0 aromatic carbocycles. The van der Waals surface area contributed by atoms with E-state index in [1.54, 1.807) is 13.2 Å². The van der Waals surface area contributed by atoms with Gasteiger partial charge < -0.3 is 15.4 Å². The van der Waals surface area contributed by atoms with E-state index >= 15 is 0 Å². The summed E-state index contributed by atoms with van der Waals surface area (Å²) in [5.41, 5.74) is 5.66. The van der Waals surface area contributed by atoms with Crippen LogP contribution in [0, 0.1) is 0 Å². The second-order valence-electron chi connectivity index (χ2n) is 3.74. The minimum Gasteiger partial charge on any atom is -0.384 e. The molecule has 90 valence electrons. The first-order chi connectivity index (χ1) is 7.69. The smallest absolute Gasteiger partial charge is 0.134 e. The molecule has 1 unspecified atom stereocenters. The van der Waals surface area contributed by atoms with Crippen LogP contribution < -0.4 is 10.6 Å². The van der Waals surface area contributed by atoms with Crippen LogP contribution in [0.1, 0.15) is 20.3 Å². The summed E-state index contributed by atoms with van der Waals surface area (Å²) < 4.78 is 5.10. The molecule has 1 aromatic rings. The Bertz CT molecular complexity index is 319. The first-order valence-electron chi connectivity index (χ1n) is 5.52. The van der Waals surface area contributed by atoms with Gasteiger partial charge in [-0.3, -0.25) is 0 Å². The van der Waals surface area contributed by atoms with Crippen LogP contribution in [0.15, 0.2) is 12.4 Å². The van der Waals surface area contributed by atoms with Crippen molar-refractivity contribution in [1.82, 2.24) is 9.97 Å². The molecule has 16 heavy (non-hydrogen) atoms. The largest absolute Gasteiger partial charge is 0.384 e. The lowest BCUT2D eigenvalue weighted by Crippen LogP contribution is -2.36. The normalized spacial score (nSPS) is 12.4. The topological polar surface area (TPSA) is 64.3 Å². The van der Waals surface area contributed by atoms with Gasteiger partial charge in [0, 0.05) is 25.8 Å². The zero-order valence-electron chi connectivity index (χ0n) is 10.2. The average Bonchev–Trinajstić information content (AvgIpc) is 2.29. The van der Waals surface area contributed by atoms with Gasteiger partial charge in [-0.25, -0.2) is 9.97 Å². The quantitative estimate of drug-likeness (QED) is 0.789. The van der Waals surface area contributed by atoms with Crippen molar-refractivity contribution in [1.29, 1.82) is 0 Å². The lowest BCUT2D eigenvalue weighted by molar-refractivity contribution is 0.203. The maximum absolute atomic E-state index is 5.66. The van der Waals surface area contributed by atoms with Crippen molar-refractivity contribution in [3.63, 3.8) is 0 Å². The Kier molecular flexibility index (Phi) is 4.98. The van der Waals surface area contributed by atoms with E-state index < -0.39 is 0 Å². The number of hydrogen-bond donors (Lipinski definition) is 1. The van der Waals surface area contributed by atoms with Crippen molar-refractivity contribution in [2.24, 2.45) is 0 Å². The molecular formula is C11H20N4O. The summed E-state index contributed by atoms with van der Waals surface area (Å²) in [6, 6.07) is 2.20. The van der Waals surface area contributed by atoms with Gasteiger partial charge in [0.15, 0.2) is 0 Å². The highest BCUT2D eigenvalue weighted by atomic mass is 16.5. The van der Waals surface area contributed by atoms with E-state index in [1.807, 2.05) is 0 Å². The van der Waals surface area contributed by atoms with Crippen LogP contribution in [0.5, 0.6) is 0 Å². The van der Waals surface area contributed by atoms with Crippen LogP contribution >= 0.6 is 0 Å². The van der Waals surface area contributed by atoms with Crippen molar-refractivity contribution in [2.45, 2.75) is 26.3 Å². The number of hydrogen-bond acceptors (Lipinski definition) is 5. The molecular weight excluding hydrogens is 204 g/mol. The summed E-state index contributed by atoms with van der Waals surface area (Å²) in [7, 11) is 1.70. The van der Waals surface area contributed by atoms with Gasteiger partial charge in [0.05, 0.1) is 6.61 Å². The van der Waals surface area contributed by atoms with Crippen LogP contribution in [-0.4, -0.2) is 36.3 Å². The van der Waals surface area contributed by atoms with Crippen LogP contribution in [-0.2, 0) is 4.74 Å². The predicted octanol–water partition coefficient (Wildman–Crippen LogP) is 1.31. The van der Waals surface area contributed by atoms with Gasteiger partial charge in [-0.15, -0.1) is 0 Å². The van der Waals surface area contributed by atoms with Crippen molar-refractivity contribution < 1.29 is 4.74 Å². The molecule has 2 N–H and O–H groups in total. The lowest BCUT2D eigenvalue weighted by atomic mass is 10.2. The van der Waals surface area contributed by atoms with Gasteiger partial charge in [0.1, 0.15) is 18.0 Å². The molecule has 0 spiro atoms. The zero-order valence-corrected chi connectivity index (χ0v) is 10.2. The van der Waals surface area contributed by atoms with Gasteiger partial charge >= 0.3 is 0 Å². The minimum atomic E-state index is 0.407. The molecule has 1 atom stereocenters. The van der Waals surface area contributed by atoms with E-state index in [0.29, 0.717) is 18.5 Å².